The minimum absolute atomic E-state index is 0.115. The summed E-state index contributed by atoms with van der Waals surface area (Å²) < 4.78 is 10.7. The van der Waals surface area contributed by atoms with E-state index in [1.54, 1.807) is 13.2 Å². The van der Waals surface area contributed by atoms with E-state index in [1.165, 1.54) is 0 Å². The number of amides is 1. The molecule has 0 saturated carbocycles. The zero-order chi connectivity index (χ0) is 19.4. The Morgan fingerprint density at radius 2 is 2.22 bits per heavy atom. The summed E-state index contributed by atoms with van der Waals surface area (Å²) in [6.07, 6.45) is 2.93. The van der Waals surface area contributed by atoms with Crippen molar-refractivity contribution in [3.05, 3.63) is 39.7 Å². The average Bonchev–Trinajstić information content (AvgIpc) is 2.67. The number of piperidine rings is 1. The average molecular weight is 372 g/mol. The first-order valence-electron chi connectivity index (χ1n) is 9.56. The van der Waals surface area contributed by atoms with E-state index in [0.29, 0.717) is 35.7 Å². The maximum absolute atomic E-state index is 12.6. The summed E-state index contributed by atoms with van der Waals surface area (Å²) in [5.41, 5.74) is 1.61. The number of nitrogens with zero attached hydrogens (tertiary/aromatic N) is 1. The molecule has 1 fully saturated rings. The minimum Gasteiger partial charge on any atom is -0.497 e. The van der Waals surface area contributed by atoms with Gasteiger partial charge in [0.05, 0.1) is 7.11 Å². The fraction of sp³-hybridized carbons (Fsp3) is 0.524. The summed E-state index contributed by atoms with van der Waals surface area (Å²) in [6.45, 7) is 4.45. The maximum Gasteiger partial charge on any atom is 0.339 e. The minimum atomic E-state index is -0.368. The largest absolute Gasteiger partial charge is 0.497 e. The normalized spacial score (nSPS) is 17.3. The number of carbonyl (C=O) groups excluding carboxylic acids is 1. The molecule has 1 aliphatic heterocycles. The summed E-state index contributed by atoms with van der Waals surface area (Å²) in [6, 6.07) is 5.46. The van der Waals surface area contributed by atoms with E-state index in [4.69, 9.17) is 9.15 Å². The summed E-state index contributed by atoms with van der Waals surface area (Å²) in [7, 11) is 3.52. The van der Waals surface area contributed by atoms with Crippen LogP contribution in [0.15, 0.2) is 27.4 Å². The van der Waals surface area contributed by atoms with Crippen LogP contribution in [0, 0.1) is 12.8 Å². The Morgan fingerprint density at radius 3 is 2.96 bits per heavy atom. The lowest BCUT2D eigenvalue weighted by Crippen LogP contribution is -2.42. The number of likely N-dealkylation sites (tertiary alicyclic amines) is 1. The Bertz CT molecular complexity index is 872. The fourth-order valence-electron chi connectivity index (χ4n) is 3.93. The highest BCUT2D eigenvalue weighted by molar-refractivity contribution is 5.82. The van der Waals surface area contributed by atoms with Gasteiger partial charge in [-0.2, -0.15) is 0 Å². The van der Waals surface area contributed by atoms with Crippen molar-refractivity contribution in [3.63, 3.8) is 0 Å². The Morgan fingerprint density at radius 1 is 1.41 bits per heavy atom. The van der Waals surface area contributed by atoms with Gasteiger partial charge in [-0.15, -0.1) is 0 Å². The topological polar surface area (TPSA) is 71.8 Å². The molecule has 2 heterocycles. The maximum atomic E-state index is 12.6. The molecular formula is C21H28N2O4. The SMILES string of the molecule is CNCC1CCCN(C(=O)CCc2c(C)c3ccc(OC)cc3oc2=O)C1. The highest BCUT2D eigenvalue weighted by Crippen LogP contribution is 2.25. The van der Waals surface area contributed by atoms with Crippen LogP contribution in [-0.2, 0) is 11.2 Å². The van der Waals surface area contributed by atoms with E-state index < -0.39 is 0 Å². The second-order valence-corrected chi connectivity index (χ2v) is 7.26. The molecule has 0 spiro atoms. The lowest BCUT2D eigenvalue weighted by Gasteiger charge is -2.32. The lowest BCUT2D eigenvalue weighted by atomic mass is 9.97. The van der Waals surface area contributed by atoms with Gasteiger partial charge in [-0.25, -0.2) is 4.79 Å². The van der Waals surface area contributed by atoms with Crippen molar-refractivity contribution in [2.24, 2.45) is 5.92 Å². The van der Waals surface area contributed by atoms with Crippen molar-refractivity contribution in [2.45, 2.75) is 32.6 Å². The van der Waals surface area contributed by atoms with Gasteiger partial charge in [0.2, 0.25) is 5.91 Å². The van der Waals surface area contributed by atoms with Crippen molar-refractivity contribution in [3.8, 4) is 5.75 Å². The molecule has 6 nitrogen and oxygen atoms in total. The molecular weight excluding hydrogens is 344 g/mol. The van der Waals surface area contributed by atoms with Gasteiger partial charge in [0.1, 0.15) is 11.3 Å². The Kier molecular flexibility index (Phi) is 6.16. The second-order valence-electron chi connectivity index (χ2n) is 7.26. The van der Waals surface area contributed by atoms with Gasteiger partial charge in [0, 0.05) is 36.5 Å². The van der Waals surface area contributed by atoms with Gasteiger partial charge < -0.3 is 19.4 Å². The van der Waals surface area contributed by atoms with Crippen LogP contribution >= 0.6 is 0 Å². The number of methoxy groups -OCH3 is 1. The number of nitrogens with one attached hydrogen (secondary N) is 1. The predicted octanol–water partition coefficient (Wildman–Crippen LogP) is 2.50. The molecule has 146 valence electrons. The highest BCUT2D eigenvalue weighted by atomic mass is 16.5. The Balaban J connectivity index is 1.73. The molecule has 3 rings (SSSR count). The molecule has 1 aliphatic rings. The highest BCUT2D eigenvalue weighted by Gasteiger charge is 2.23. The smallest absolute Gasteiger partial charge is 0.339 e. The molecule has 1 amide bonds. The van der Waals surface area contributed by atoms with Crippen molar-refractivity contribution in [1.29, 1.82) is 0 Å². The first kappa shape index (κ1) is 19.4. The number of benzene rings is 1. The lowest BCUT2D eigenvalue weighted by molar-refractivity contribution is -0.132. The third-order valence-electron chi connectivity index (χ3n) is 5.45. The van der Waals surface area contributed by atoms with E-state index >= 15 is 0 Å². The molecule has 1 aromatic heterocycles. The van der Waals surface area contributed by atoms with Crippen molar-refractivity contribution in [2.75, 3.05) is 33.8 Å². The van der Waals surface area contributed by atoms with E-state index in [2.05, 4.69) is 5.32 Å². The van der Waals surface area contributed by atoms with Crippen LogP contribution in [0.25, 0.3) is 11.0 Å². The van der Waals surface area contributed by atoms with Gasteiger partial charge in [0.25, 0.3) is 0 Å². The summed E-state index contributed by atoms with van der Waals surface area (Å²) in [5, 5.41) is 4.07. The van der Waals surface area contributed by atoms with E-state index in [0.717, 1.165) is 43.4 Å². The van der Waals surface area contributed by atoms with Crippen LogP contribution in [-0.4, -0.2) is 44.6 Å². The standard InChI is InChI=1S/C21H28N2O4/c1-14-17-7-6-16(26-3)11-19(17)27-21(25)18(14)8-9-20(24)23-10-4-5-15(13-23)12-22-2/h6-7,11,15,22H,4-5,8-10,12-13H2,1-3H3. The van der Waals surface area contributed by atoms with Crippen LogP contribution < -0.4 is 15.7 Å². The molecule has 27 heavy (non-hydrogen) atoms. The van der Waals surface area contributed by atoms with Gasteiger partial charge in [-0.3, -0.25) is 4.79 Å². The number of fused-ring (bicyclic) bond motifs is 1. The van der Waals surface area contributed by atoms with Crippen LogP contribution in [0.2, 0.25) is 0 Å². The van der Waals surface area contributed by atoms with E-state index in [-0.39, 0.29) is 11.5 Å². The number of hydrogen-bond acceptors (Lipinski definition) is 5. The molecule has 0 radical (unpaired) electrons. The van der Waals surface area contributed by atoms with Crippen LogP contribution in [0.5, 0.6) is 5.75 Å². The predicted molar refractivity (Wildman–Crippen MR) is 105 cm³/mol. The number of hydrogen-bond donors (Lipinski definition) is 1. The number of rotatable bonds is 6. The molecule has 1 atom stereocenters. The quantitative estimate of drug-likeness (QED) is 0.789. The zero-order valence-corrected chi connectivity index (χ0v) is 16.3. The van der Waals surface area contributed by atoms with Crippen molar-refractivity contribution < 1.29 is 13.9 Å². The molecule has 1 unspecified atom stereocenters. The third kappa shape index (κ3) is 4.33. The van der Waals surface area contributed by atoms with Crippen LogP contribution in [0.3, 0.4) is 0 Å². The van der Waals surface area contributed by atoms with Gasteiger partial charge in [0.15, 0.2) is 0 Å². The Hall–Kier alpha value is -2.34. The summed E-state index contributed by atoms with van der Waals surface area (Å²) >= 11 is 0. The first-order valence-corrected chi connectivity index (χ1v) is 9.56. The van der Waals surface area contributed by atoms with E-state index in [9.17, 15) is 9.59 Å². The van der Waals surface area contributed by atoms with Gasteiger partial charge in [-0.1, -0.05) is 0 Å². The fourth-order valence-corrected chi connectivity index (χ4v) is 3.93. The number of aryl methyl sites for hydroxylation is 1. The van der Waals surface area contributed by atoms with Gasteiger partial charge in [-0.05, 0) is 63.4 Å². The molecule has 1 aromatic carbocycles. The molecule has 0 bridgehead atoms. The summed E-state index contributed by atoms with van der Waals surface area (Å²) in [4.78, 5) is 27.0. The number of carbonyl (C=O) groups is 1. The zero-order valence-electron chi connectivity index (χ0n) is 16.3. The summed E-state index contributed by atoms with van der Waals surface area (Å²) in [5.74, 6) is 1.27. The van der Waals surface area contributed by atoms with Crippen LogP contribution in [0.1, 0.15) is 30.4 Å². The molecule has 1 N–H and O–H groups in total. The van der Waals surface area contributed by atoms with Gasteiger partial charge >= 0.3 is 5.63 Å². The monoisotopic (exact) mass is 372 g/mol. The van der Waals surface area contributed by atoms with Crippen molar-refractivity contribution in [1.82, 2.24) is 10.2 Å². The number of ether oxygens (including phenoxy) is 1. The molecule has 1 saturated heterocycles. The molecule has 2 aromatic rings. The Labute approximate surface area is 159 Å². The molecule has 6 heteroatoms. The van der Waals surface area contributed by atoms with Crippen LogP contribution in [0.4, 0.5) is 0 Å². The van der Waals surface area contributed by atoms with Crippen molar-refractivity contribution >= 4 is 16.9 Å². The first-order chi connectivity index (χ1) is 13.0. The molecule has 0 aliphatic carbocycles. The van der Waals surface area contributed by atoms with E-state index in [1.807, 2.05) is 31.0 Å². The third-order valence-corrected chi connectivity index (χ3v) is 5.45. The second kappa shape index (κ2) is 8.57.